The minimum Gasteiger partial charge on any atom is -0.376 e. The topological polar surface area (TPSA) is 6.48 Å². The van der Waals surface area contributed by atoms with Gasteiger partial charge in [-0.25, -0.2) is 0 Å². The number of aryl methyl sites for hydroxylation is 3. The highest BCUT2D eigenvalue weighted by molar-refractivity contribution is 7.25. The molecule has 0 amide bonds. The van der Waals surface area contributed by atoms with E-state index in [1.807, 2.05) is 11.3 Å². The minimum absolute atomic E-state index is 0.0414. The van der Waals surface area contributed by atoms with Gasteiger partial charge in [-0.1, -0.05) is 142 Å². The zero-order chi connectivity index (χ0) is 47.6. The van der Waals surface area contributed by atoms with Crippen LogP contribution in [-0.2, 0) is 35.5 Å². The predicted octanol–water partition coefficient (Wildman–Crippen LogP) is 17.4. The van der Waals surface area contributed by atoms with E-state index < -0.39 is 0 Å². The van der Waals surface area contributed by atoms with Crippen LogP contribution in [0.4, 0.5) is 28.4 Å². The van der Waals surface area contributed by atoms with Crippen LogP contribution in [0.15, 0.2) is 121 Å². The Morgan fingerprint density at radius 2 is 1.09 bits per heavy atom. The Kier molecular flexibility index (Phi) is 10.7. The molecule has 2 nitrogen and oxygen atoms in total. The molecule has 0 bridgehead atoms. The van der Waals surface area contributed by atoms with Crippen LogP contribution in [0.2, 0.25) is 0 Å². The van der Waals surface area contributed by atoms with E-state index in [2.05, 4.69) is 193 Å². The van der Waals surface area contributed by atoms with Gasteiger partial charge in [0.25, 0.3) is 0 Å². The lowest BCUT2D eigenvalue weighted by molar-refractivity contribution is 0.332. The number of hydrogen-bond acceptors (Lipinski definition) is 3. The number of fused-ring (bicyclic) bond motifs is 12. The molecule has 2 aliphatic heterocycles. The fourth-order valence-corrected chi connectivity index (χ4v) is 14.3. The summed E-state index contributed by atoms with van der Waals surface area (Å²) in [7, 11) is 0. The second-order valence-corrected chi connectivity index (χ2v) is 24.1. The Labute approximate surface area is 416 Å². The first-order chi connectivity index (χ1) is 33.3. The van der Waals surface area contributed by atoms with Crippen molar-refractivity contribution in [3.8, 4) is 22.3 Å². The lowest BCUT2D eigenvalue weighted by Gasteiger charge is -2.47. The molecule has 0 N–H and O–H groups in total. The van der Waals surface area contributed by atoms with Gasteiger partial charge in [-0.05, 0) is 189 Å². The zero-order valence-electron chi connectivity index (χ0n) is 42.7. The number of thiophene rings is 1. The average molecular weight is 921 g/mol. The van der Waals surface area contributed by atoms with E-state index in [0.717, 1.165) is 19.3 Å². The Balaban J connectivity index is 1.21. The molecule has 7 aromatic carbocycles. The summed E-state index contributed by atoms with van der Waals surface area (Å²) < 4.78 is 2.79. The van der Waals surface area contributed by atoms with Crippen molar-refractivity contribution in [3.63, 3.8) is 0 Å². The summed E-state index contributed by atoms with van der Waals surface area (Å²) in [6.45, 7) is 21.8. The van der Waals surface area contributed by atoms with Crippen LogP contribution in [0.3, 0.4) is 0 Å². The predicted molar refractivity (Wildman–Crippen MR) is 302 cm³/mol. The quantitative estimate of drug-likeness (QED) is 0.119. The first-order valence-corrected chi connectivity index (χ1v) is 27.4. The second kappa shape index (κ2) is 16.5. The van der Waals surface area contributed by atoms with Gasteiger partial charge >= 0.3 is 6.85 Å². The van der Waals surface area contributed by atoms with Crippen molar-refractivity contribution in [1.29, 1.82) is 0 Å². The molecule has 0 radical (unpaired) electrons. The Hall–Kier alpha value is -5.58. The molecular weight excluding hydrogens is 852 g/mol. The molecule has 348 valence electrons. The fraction of sp³-hybridized carbons (Fsp3) is 0.354. The van der Waals surface area contributed by atoms with Crippen LogP contribution in [0.25, 0.3) is 42.4 Å². The third kappa shape index (κ3) is 6.92. The summed E-state index contributed by atoms with van der Waals surface area (Å²) in [5.74, 6) is 0. The highest BCUT2D eigenvalue weighted by Crippen LogP contribution is 2.59. The van der Waals surface area contributed by atoms with Crippen molar-refractivity contribution < 1.29 is 0 Å². The number of hydrogen-bond donors (Lipinski definition) is 0. The molecular formula is C65H69BN2S. The van der Waals surface area contributed by atoms with Crippen LogP contribution in [0.1, 0.15) is 153 Å². The van der Waals surface area contributed by atoms with Crippen LogP contribution >= 0.6 is 11.3 Å². The van der Waals surface area contributed by atoms with Gasteiger partial charge in [0.15, 0.2) is 0 Å². The Morgan fingerprint density at radius 3 is 1.75 bits per heavy atom. The van der Waals surface area contributed by atoms with Crippen molar-refractivity contribution >= 4 is 77.7 Å². The standard InChI is InChI=1S/C65H69BN2S/c1-10-13-18-41-23-28-44(29-24-41)67-55-32-27-43(20-15-12-3)35-54(55)66-62-57(67)38-49-46-21-16-17-22-51(46)65(8,9)61(49)60(62)50-39-58-48(37-56(50)68(66)45-30-25-42(26-31-45)19-14-11-2)47-36-52-53(40-59(47)69-58)64(6,7)34-33-63(52,4)5/h16-17,21-32,35-40H,10-15,18-20,33-34H2,1-9H3. The van der Waals surface area contributed by atoms with Gasteiger partial charge in [-0.3, -0.25) is 0 Å². The molecule has 8 aromatic rings. The maximum absolute atomic E-state index is 2.79. The third-order valence-electron chi connectivity index (χ3n) is 17.2. The van der Waals surface area contributed by atoms with E-state index in [-0.39, 0.29) is 23.1 Å². The molecule has 4 aliphatic rings. The minimum atomic E-state index is -0.207. The van der Waals surface area contributed by atoms with Crippen LogP contribution in [0, 0.1) is 0 Å². The van der Waals surface area contributed by atoms with E-state index in [0.29, 0.717) is 0 Å². The molecule has 1 aromatic heterocycles. The van der Waals surface area contributed by atoms with Gasteiger partial charge in [0.05, 0.1) is 0 Å². The highest BCUT2D eigenvalue weighted by atomic mass is 32.1. The van der Waals surface area contributed by atoms with Crippen molar-refractivity contribution in [1.82, 2.24) is 0 Å². The summed E-state index contributed by atoms with van der Waals surface area (Å²) in [6, 6.07) is 49.3. The van der Waals surface area contributed by atoms with Crippen LogP contribution in [-0.4, -0.2) is 6.85 Å². The number of benzene rings is 7. The molecule has 0 spiro atoms. The van der Waals surface area contributed by atoms with E-state index in [1.165, 1.54) is 167 Å². The lowest BCUT2D eigenvalue weighted by atomic mass is 9.42. The summed E-state index contributed by atoms with van der Waals surface area (Å²) in [6.07, 6.45) is 12.9. The molecule has 0 unspecified atom stereocenters. The van der Waals surface area contributed by atoms with Gasteiger partial charge in [0, 0.05) is 59.6 Å². The zero-order valence-corrected chi connectivity index (χ0v) is 43.5. The van der Waals surface area contributed by atoms with Crippen molar-refractivity contribution in [2.24, 2.45) is 0 Å². The molecule has 0 saturated carbocycles. The molecule has 12 rings (SSSR count). The van der Waals surface area contributed by atoms with Crippen molar-refractivity contribution in [2.45, 2.75) is 149 Å². The lowest BCUT2D eigenvalue weighted by Crippen LogP contribution is -2.62. The maximum atomic E-state index is 2.79. The molecule has 0 saturated heterocycles. The fourth-order valence-electron chi connectivity index (χ4n) is 13.2. The first-order valence-electron chi connectivity index (χ1n) is 26.6. The van der Waals surface area contributed by atoms with E-state index in [4.69, 9.17) is 0 Å². The maximum Gasteiger partial charge on any atom is 0.333 e. The highest BCUT2D eigenvalue weighted by Gasteiger charge is 2.50. The number of nitrogens with zero attached hydrogens (tertiary/aromatic N) is 2. The van der Waals surface area contributed by atoms with Gasteiger partial charge in [-0.15, -0.1) is 11.3 Å². The SMILES string of the molecule is CCCCc1ccc(N2B3c4cc(CCCC)ccc4N(c4ccc(CCCC)cc4)c4cc5c(c(c43)-c3cc4sc6cc7c(cc6c4cc32)C(C)(C)CCC7(C)C)C(C)(C)c2ccccc2-5)cc1. The van der Waals surface area contributed by atoms with Gasteiger partial charge in [0.1, 0.15) is 0 Å². The summed E-state index contributed by atoms with van der Waals surface area (Å²) in [5.41, 5.74) is 25.1. The molecule has 0 fully saturated rings. The average Bonchev–Trinajstić information content (AvgIpc) is 3.82. The summed E-state index contributed by atoms with van der Waals surface area (Å²) in [4.78, 5) is 5.43. The van der Waals surface area contributed by atoms with Crippen LogP contribution < -0.4 is 20.6 Å². The monoisotopic (exact) mass is 921 g/mol. The van der Waals surface area contributed by atoms with Gasteiger partial charge in [-0.2, -0.15) is 0 Å². The molecule has 4 heteroatoms. The first kappa shape index (κ1) is 44.6. The van der Waals surface area contributed by atoms with Crippen molar-refractivity contribution in [2.75, 3.05) is 9.71 Å². The van der Waals surface area contributed by atoms with Gasteiger partial charge in [0.2, 0.25) is 0 Å². The largest absolute Gasteiger partial charge is 0.376 e. The third-order valence-corrected chi connectivity index (χ3v) is 18.3. The molecule has 3 heterocycles. The normalized spacial score (nSPS) is 16.6. The number of unbranched alkanes of at least 4 members (excludes halogenated alkanes) is 3. The molecule has 69 heavy (non-hydrogen) atoms. The van der Waals surface area contributed by atoms with Gasteiger partial charge < -0.3 is 9.71 Å². The van der Waals surface area contributed by atoms with E-state index in [9.17, 15) is 0 Å². The Bertz CT molecular complexity index is 3330. The molecule has 2 aliphatic carbocycles. The molecule has 0 atom stereocenters. The van der Waals surface area contributed by atoms with Crippen LogP contribution in [0.5, 0.6) is 0 Å². The Morgan fingerprint density at radius 1 is 0.507 bits per heavy atom. The number of rotatable bonds is 11. The van der Waals surface area contributed by atoms with E-state index >= 15 is 0 Å². The summed E-state index contributed by atoms with van der Waals surface area (Å²) in [5, 5.41) is 2.80. The van der Waals surface area contributed by atoms with Crippen molar-refractivity contribution in [3.05, 3.63) is 160 Å². The van der Waals surface area contributed by atoms with E-state index in [1.54, 1.807) is 5.56 Å². The smallest absolute Gasteiger partial charge is 0.333 e. The summed E-state index contributed by atoms with van der Waals surface area (Å²) >= 11 is 2.01. The number of anilines is 5. The second-order valence-electron chi connectivity index (χ2n) is 23.1.